The number of piperidine rings is 1. The highest BCUT2D eigenvalue weighted by Gasteiger charge is 2.28. The van der Waals surface area contributed by atoms with Gasteiger partial charge in [0.05, 0.1) is 0 Å². The van der Waals surface area contributed by atoms with Gasteiger partial charge in [0.2, 0.25) is 0 Å². The highest BCUT2D eigenvalue weighted by molar-refractivity contribution is 5.93. The molecule has 0 saturated carbocycles. The molecule has 1 fully saturated rings. The predicted octanol–water partition coefficient (Wildman–Crippen LogP) is 12.3. The number of nitrogens with zero attached hydrogens (tertiary/aromatic N) is 1. The van der Waals surface area contributed by atoms with Crippen molar-refractivity contribution in [3.05, 3.63) is 75.9 Å². The van der Waals surface area contributed by atoms with E-state index in [4.69, 9.17) is 0 Å². The molecule has 4 rings (SSSR count). The van der Waals surface area contributed by atoms with E-state index in [1.165, 1.54) is 149 Å². The SMILES string of the molecule is CCCCCCCCCCCCCCCCC(=O)CC1=C(CC2CCN(Cc3ccccc3)CC2)Cc2cc(CC)c(CC)cc21. The minimum absolute atomic E-state index is 0.467. The van der Waals surface area contributed by atoms with Gasteiger partial charge in [-0.3, -0.25) is 9.69 Å². The number of benzene rings is 2. The van der Waals surface area contributed by atoms with E-state index in [-0.39, 0.29) is 0 Å². The Balaban J connectivity index is 1.22. The largest absolute Gasteiger partial charge is 0.299 e. The second kappa shape index (κ2) is 20.9. The molecule has 0 atom stereocenters. The van der Waals surface area contributed by atoms with Gasteiger partial charge in [-0.05, 0) is 97.3 Å². The molecule has 1 aliphatic heterocycles. The van der Waals surface area contributed by atoms with Crippen molar-refractivity contribution in [3.63, 3.8) is 0 Å². The molecule has 2 aromatic rings. The first-order valence-corrected chi connectivity index (χ1v) is 19.7. The Morgan fingerprint density at radius 2 is 1.28 bits per heavy atom. The van der Waals surface area contributed by atoms with Crippen LogP contribution in [0.4, 0.5) is 0 Å². The van der Waals surface area contributed by atoms with E-state index >= 15 is 0 Å². The third-order valence-corrected chi connectivity index (χ3v) is 11.0. The number of likely N-dealkylation sites (tertiary alicyclic amines) is 1. The van der Waals surface area contributed by atoms with Crippen LogP contribution in [0.2, 0.25) is 0 Å². The lowest BCUT2D eigenvalue weighted by Gasteiger charge is -2.32. The Kier molecular flexibility index (Phi) is 16.7. The summed E-state index contributed by atoms with van der Waals surface area (Å²) < 4.78 is 0. The van der Waals surface area contributed by atoms with Crippen LogP contribution in [-0.2, 0) is 30.6 Å². The van der Waals surface area contributed by atoms with Crippen LogP contribution in [0.1, 0.15) is 171 Å². The van der Waals surface area contributed by atoms with Crippen molar-refractivity contribution in [3.8, 4) is 0 Å². The Morgan fingerprint density at radius 3 is 1.87 bits per heavy atom. The molecule has 1 heterocycles. The van der Waals surface area contributed by atoms with Gasteiger partial charge in [0, 0.05) is 19.4 Å². The minimum Gasteiger partial charge on any atom is -0.299 e. The fraction of sp³-hybridized carbons (Fsp3) is 0.659. The molecule has 0 amide bonds. The number of hydrogen-bond acceptors (Lipinski definition) is 2. The van der Waals surface area contributed by atoms with Crippen molar-refractivity contribution < 1.29 is 4.79 Å². The smallest absolute Gasteiger partial charge is 0.137 e. The normalized spacial score (nSPS) is 15.5. The Morgan fingerprint density at radius 1 is 0.717 bits per heavy atom. The first-order chi connectivity index (χ1) is 22.6. The average molecular weight is 626 g/mol. The zero-order valence-electron chi connectivity index (χ0n) is 30.2. The number of aryl methyl sites for hydroxylation is 2. The molecule has 1 aliphatic carbocycles. The van der Waals surface area contributed by atoms with Gasteiger partial charge < -0.3 is 0 Å². The standard InChI is InChI=1S/C44H67NO/c1-4-7-8-9-10-11-12-13-14-15-16-17-18-22-25-42(46)34-44-40(32-41-31-38(5-2)39(6-3)33-43(41)44)30-36-26-28-45(29-27-36)35-37-23-20-19-21-24-37/h19-21,23-24,31,33,36H,4-18,22,25-30,32,34-35H2,1-3H3. The Hall–Kier alpha value is -2.19. The molecule has 46 heavy (non-hydrogen) atoms. The Bertz CT molecular complexity index is 1190. The van der Waals surface area contributed by atoms with E-state index in [2.05, 4.69) is 68.1 Å². The molecule has 2 aliphatic rings. The lowest BCUT2D eigenvalue weighted by atomic mass is 9.87. The first kappa shape index (κ1) is 36.6. The van der Waals surface area contributed by atoms with Crippen LogP contribution in [0.25, 0.3) is 5.57 Å². The lowest BCUT2D eigenvalue weighted by Crippen LogP contribution is -2.33. The molecule has 0 unspecified atom stereocenters. The molecule has 0 spiro atoms. The zero-order chi connectivity index (χ0) is 32.4. The summed E-state index contributed by atoms with van der Waals surface area (Å²) in [6.45, 7) is 10.3. The summed E-state index contributed by atoms with van der Waals surface area (Å²) >= 11 is 0. The van der Waals surface area contributed by atoms with Crippen molar-refractivity contribution >= 4 is 11.4 Å². The molecule has 2 nitrogen and oxygen atoms in total. The Labute approximate surface area is 283 Å². The van der Waals surface area contributed by atoms with Crippen molar-refractivity contribution in [2.75, 3.05) is 13.1 Å². The van der Waals surface area contributed by atoms with E-state index in [0.717, 1.165) is 44.6 Å². The number of Topliss-reactive ketones (excluding diaryl/α,β-unsaturated/α-hetero) is 1. The number of ketones is 1. The van der Waals surface area contributed by atoms with Crippen LogP contribution in [0.15, 0.2) is 48.0 Å². The predicted molar refractivity (Wildman–Crippen MR) is 199 cm³/mol. The molecule has 0 aromatic heterocycles. The number of allylic oxidation sites excluding steroid dienone is 2. The number of fused-ring (bicyclic) bond motifs is 1. The molecule has 2 heteroatoms. The summed E-state index contributed by atoms with van der Waals surface area (Å²) in [7, 11) is 0. The molecule has 0 radical (unpaired) electrons. The van der Waals surface area contributed by atoms with Gasteiger partial charge >= 0.3 is 0 Å². The van der Waals surface area contributed by atoms with Gasteiger partial charge in [-0.1, -0.05) is 152 Å². The highest BCUT2D eigenvalue weighted by atomic mass is 16.1. The minimum atomic E-state index is 0.467. The molecule has 2 aromatic carbocycles. The number of rotatable bonds is 23. The maximum absolute atomic E-state index is 13.4. The topological polar surface area (TPSA) is 20.3 Å². The van der Waals surface area contributed by atoms with E-state index in [1.54, 1.807) is 5.57 Å². The molecule has 0 bridgehead atoms. The quantitative estimate of drug-likeness (QED) is 0.115. The van der Waals surface area contributed by atoms with Crippen molar-refractivity contribution in [1.82, 2.24) is 4.90 Å². The maximum atomic E-state index is 13.4. The third-order valence-electron chi connectivity index (χ3n) is 11.0. The van der Waals surface area contributed by atoms with E-state index in [0.29, 0.717) is 12.2 Å². The monoisotopic (exact) mass is 626 g/mol. The van der Waals surface area contributed by atoms with Crippen molar-refractivity contribution in [2.24, 2.45) is 5.92 Å². The summed E-state index contributed by atoms with van der Waals surface area (Å²) in [5, 5.41) is 0. The van der Waals surface area contributed by atoms with Gasteiger partial charge in [-0.2, -0.15) is 0 Å². The summed E-state index contributed by atoms with van der Waals surface area (Å²) in [4.78, 5) is 16.0. The van der Waals surface area contributed by atoms with Crippen molar-refractivity contribution in [1.29, 1.82) is 0 Å². The van der Waals surface area contributed by atoms with Crippen LogP contribution in [0, 0.1) is 5.92 Å². The molecular formula is C44H67NO. The van der Waals surface area contributed by atoms with Gasteiger partial charge in [-0.25, -0.2) is 0 Å². The summed E-state index contributed by atoms with van der Waals surface area (Å²) in [5.41, 5.74) is 10.3. The molecular weight excluding hydrogens is 558 g/mol. The molecule has 254 valence electrons. The number of hydrogen-bond donors (Lipinski definition) is 0. The van der Waals surface area contributed by atoms with Crippen molar-refractivity contribution in [2.45, 2.75) is 169 Å². The number of carbonyl (C=O) groups is 1. The second-order valence-corrected chi connectivity index (χ2v) is 14.7. The van der Waals surface area contributed by atoms with E-state index in [1.807, 2.05) is 0 Å². The second-order valence-electron chi connectivity index (χ2n) is 14.7. The van der Waals surface area contributed by atoms with Gasteiger partial charge in [0.15, 0.2) is 0 Å². The van der Waals surface area contributed by atoms with E-state index < -0.39 is 0 Å². The first-order valence-electron chi connectivity index (χ1n) is 19.7. The van der Waals surface area contributed by atoms with E-state index in [9.17, 15) is 4.79 Å². The fourth-order valence-electron chi connectivity index (χ4n) is 8.11. The zero-order valence-corrected chi connectivity index (χ0v) is 30.2. The lowest BCUT2D eigenvalue weighted by molar-refractivity contribution is -0.118. The number of unbranched alkanes of at least 4 members (excludes halogenated alkanes) is 13. The van der Waals surface area contributed by atoms with Crippen LogP contribution in [0.5, 0.6) is 0 Å². The van der Waals surface area contributed by atoms with Crippen LogP contribution < -0.4 is 0 Å². The average Bonchev–Trinajstić information content (AvgIpc) is 3.40. The highest BCUT2D eigenvalue weighted by Crippen LogP contribution is 2.41. The van der Waals surface area contributed by atoms with Gasteiger partial charge in [0.1, 0.15) is 5.78 Å². The summed E-state index contributed by atoms with van der Waals surface area (Å²) in [5.74, 6) is 1.21. The fourth-order valence-corrected chi connectivity index (χ4v) is 8.11. The molecule has 1 saturated heterocycles. The molecule has 0 N–H and O–H groups in total. The van der Waals surface area contributed by atoms with Crippen LogP contribution >= 0.6 is 0 Å². The summed E-state index contributed by atoms with van der Waals surface area (Å²) in [6, 6.07) is 15.9. The third kappa shape index (κ3) is 12.1. The van der Waals surface area contributed by atoms with Crippen LogP contribution in [0.3, 0.4) is 0 Å². The maximum Gasteiger partial charge on any atom is 0.137 e. The summed E-state index contributed by atoms with van der Waals surface area (Å²) in [6.07, 6.45) is 27.4. The number of carbonyl (C=O) groups excluding carboxylic acids is 1. The van der Waals surface area contributed by atoms with Gasteiger partial charge in [0.25, 0.3) is 0 Å². The van der Waals surface area contributed by atoms with Crippen LogP contribution in [-0.4, -0.2) is 23.8 Å². The van der Waals surface area contributed by atoms with Gasteiger partial charge in [-0.15, -0.1) is 0 Å².